The summed E-state index contributed by atoms with van der Waals surface area (Å²) in [5.41, 5.74) is 5.53. The first-order chi connectivity index (χ1) is 8.49. The predicted octanol–water partition coefficient (Wildman–Crippen LogP) is 2.87. The van der Waals surface area contributed by atoms with E-state index >= 15 is 0 Å². The quantitative estimate of drug-likeness (QED) is 0.653. The molecule has 0 unspecified atom stereocenters. The Balaban J connectivity index is 2.37. The molecule has 0 bridgehead atoms. The van der Waals surface area contributed by atoms with Crippen LogP contribution in [0.25, 0.3) is 0 Å². The lowest BCUT2D eigenvalue weighted by molar-refractivity contribution is 0.448. The van der Waals surface area contributed by atoms with E-state index in [0.717, 1.165) is 18.5 Å². The van der Waals surface area contributed by atoms with Crippen molar-refractivity contribution in [2.45, 2.75) is 0 Å². The van der Waals surface area contributed by atoms with Gasteiger partial charge in [-0.2, -0.15) is 0 Å². The van der Waals surface area contributed by atoms with Crippen LogP contribution in [0.3, 0.4) is 0 Å². The maximum Gasteiger partial charge on any atom is 0.194 e. The van der Waals surface area contributed by atoms with Crippen molar-refractivity contribution in [3.63, 3.8) is 0 Å². The van der Waals surface area contributed by atoms with E-state index in [1.165, 1.54) is 0 Å². The number of rotatable bonds is 2. The predicted molar refractivity (Wildman–Crippen MR) is 61.1 cm³/mol. The standard InChI is InChI=1S/C10H6ClF3N4/c11-9-8(15)10(17-3-16-9)18-4-1-5(12)7(14)6(13)2-4/h1-3H,15H2,(H,16,17,18). The molecule has 2 rings (SSSR count). The average molecular weight is 275 g/mol. The second kappa shape index (κ2) is 4.69. The number of halogens is 4. The fraction of sp³-hybridized carbons (Fsp3) is 0. The number of hydrogen-bond donors (Lipinski definition) is 2. The SMILES string of the molecule is Nc1c(Cl)ncnc1Nc1cc(F)c(F)c(F)c1. The first kappa shape index (κ1) is 12.4. The highest BCUT2D eigenvalue weighted by molar-refractivity contribution is 6.32. The van der Waals surface area contributed by atoms with Gasteiger partial charge in [0.25, 0.3) is 0 Å². The normalized spacial score (nSPS) is 10.4. The Bertz CT molecular complexity index is 583. The maximum atomic E-state index is 13.0. The van der Waals surface area contributed by atoms with Crippen molar-refractivity contribution in [1.29, 1.82) is 0 Å². The summed E-state index contributed by atoms with van der Waals surface area (Å²) in [4.78, 5) is 7.36. The van der Waals surface area contributed by atoms with Gasteiger partial charge in [0.05, 0.1) is 0 Å². The minimum absolute atomic E-state index is 0.00412. The molecule has 0 radical (unpaired) electrons. The zero-order valence-electron chi connectivity index (χ0n) is 8.72. The summed E-state index contributed by atoms with van der Waals surface area (Å²) < 4.78 is 38.7. The van der Waals surface area contributed by atoms with Crippen LogP contribution in [0.4, 0.5) is 30.4 Å². The van der Waals surface area contributed by atoms with Crippen molar-refractivity contribution in [2.75, 3.05) is 11.1 Å². The molecule has 0 atom stereocenters. The number of aromatic nitrogens is 2. The fourth-order valence-electron chi connectivity index (χ4n) is 1.24. The zero-order valence-corrected chi connectivity index (χ0v) is 9.47. The number of anilines is 3. The Morgan fingerprint density at radius 3 is 2.33 bits per heavy atom. The smallest absolute Gasteiger partial charge is 0.194 e. The van der Waals surface area contributed by atoms with E-state index in [4.69, 9.17) is 17.3 Å². The van der Waals surface area contributed by atoms with Gasteiger partial charge in [-0.1, -0.05) is 11.6 Å². The van der Waals surface area contributed by atoms with Crippen molar-refractivity contribution < 1.29 is 13.2 Å². The van der Waals surface area contributed by atoms with Gasteiger partial charge in [0, 0.05) is 17.8 Å². The molecular weight excluding hydrogens is 269 g/mol. The van der Waals surface area contributed by atoms with Crippen molar-refractivity contribution in [3.8, 4) is 0 Å². The van der Waals surface area contributed by atoms with E-state index in [1.54, 1.807) is 0 Å². The Morgan fingerprint density at radius 1 is 1.11 bits per heavy atom. The van der Waals surface area contributed by atoms with E-state index < -0.39 is 17.5 Å². The maximum absolute atomic E-state index is 13.0. The Morgan fingerprint density at radius 2 is 1.72 bits per heavy atom. The van der Waals surface area contributed by atoms with E-state index in [1.807, 2.05) is 0 Å². The molecule has 3 N–H and O–H groups in total. The number of benzene rings is 1. The van der Waals surface area contributed by atoms with Crippen molar-refractivity contribution in [1.82, 2.24) is 9.97 Å². The summed E-state index contributed by atoms with van der Waals surface area (Å²) >= 11 is 5.64. The highest BCUT2D eigenvalue weighted by atomic mass is 35.5. The van der Waals surface area contributed by atoms with Gasteiger partial charge < -0.3 is 11.1 Å². The lowest BCUT2D eigenvalue weighted by Gasteiger charge is -2.09. The summed E-state index contributed by atoms with van der Waals surface area (Å²) in [6.07, 6.45) is 1.12. The van der Waals surface area contributed by atoms with Crippen molar-refractivity contribution in [2.24, 2.45) is 0 Å². The average Bonchev–Trinajstić information content (AvgIpc) is 2.32. The van der Waals surface area contributed by atoms with E-state index in [0.29, 0.717) is 0 Å². The number of nitrogens with one attached hydrogen (secondary N) is 1. The molecule has 0 spiro atoms. The summed E-state index contributed by atoms with van der Waals surface area (Å²) in [6.45, 7) is 0. The highest BCUT2D eigenvalue weighted by Gasteiger charge is 2.12. The Labute approximate surface area is 105 Å². The number of nitrogens with two attached hydrogens (primary N) is 1. The molecule has 94 valence electrons. The molecule has 0 saturated heterocycles. The lowest BCUT2D eigenvalue weighted by Crippen LogP contribution is -2.02. The van der Waals surface area contributed by atoms with Gasteiger partial charge in [-0.15, -0.1) is 0 Å². The molecule has 0 amide bonds. The minimum atomic E-state index is -1.55. The first-order valence-corrected chi connectivity index (χ1v) is 5.04. The summed E-state index contributed by atoms with van der Waals surface area (Å²) in [6, 6.07) is 1.54. The molecule has 0 aliphatic carbocycles. The molecule has 18 heavy (non-hydrogen) atoms. The molecule has 1 aromatic heterocycles. The van der Waals surface area contributed by atoms with Crippen LogP contribution in [-0.2, 0) is 0 Å². The topological polar surface area (TPSA) is 63.8 Å². The van der Waals surface area contributed by atoms with Crippen LogP contribution >= 0.6 is 11.6 Å². The van der Waals surface area contributed by atoms with Crippen LogP contribution in [0, 0.1) is 17.5 Å². The minimum Gasteiger partial charge on any atom is -0.393 e. The van der Waals surface area contributed by atoms with Crippen LogP contribution in [0.1, 0.15) is 0 Å². The molecule has 2 aromatic rings. The van der Waals surface area contributed by atoms with E-state index in [-0.39, 0.29) is 22.3 Å². The zero-order chi connectivity index (χ0) is 13.3. The molecular formula is C10H6ClF3N4. The summed E-state index contributed by atoms with van der Waals surface area (Å²) in [5, 5.41) is 2.51. The number of nitrogens with zero attached hydrogens (tertiary/aromatic N) is 2. The van der Waals surface area contributed by atoms with Gasteiger partial charge in [-0.25, -0.2) is 23.1 Å². The van der Waals surface area contributed by atoms with E-state index in [2.05, 4.69) is 15.3 Å². The molecule has 1 aromatic carbocycles. The largest absolute Gasteiger partial charge is 0.393 e. The van der Waals surface area contributed by atoms with Crippen molar-refractivity contribution >= 4 is 28.8 Å². The van der Waals surface area contributed by atoms with Gasteiger partial charge in [-0.05, 0) is 0 Å². The third-order valence-corrected chi connectivity index (χ3v) is 2.38. The number of hydrogen-bond acceptors (Lipinski definition) is 4. The second-order valence-electron chi connectivity index (χ2n) is 3.31. The molecule has 1 heterocycles. The van der Waals surface area contributed by atoms with Crippen molar-refractivity contribution in [3.05, 3.63) is 41.1 Å². The fourth-order valence-corrected chi connectivity index (χ4v) is 1.37. The monoisotopic (exact) mass is 274 g/mol. The Hall–Kier alpha value is -2.02. The third-order valence-electron chi connectivity index (χ3n) is 2.08. The Kier molecular flexibility index (Phi) is 3.24. The highest BCUT2D eigenvalue weighted by Crippen LogP contribution is 2.26. The van der Waals surface area contributed by atoms with E-state index in [9.17, 15) is 13.2 Å². The van der Waals surface area contributed by atoms with Gasteiger partial charge in [-0.3, -0.25) is 0 Å². The molecule has 0 aliphatic rings. The molecule has 0 aliphatic heterocycles. The third kappa shape index (κ3) is 2.30. The van der Waals surface area contributed by atoms with Crippen LogP contribution in [-0.4, -0.2) is 9.97 Å². The van der Waals surface area contributed by atoms with Crippen LogP contribution in [0.2, 0.25) is 5.15 Å². The number of nitrogen functional groups attached to an aromatic ring is 1. The summed E-state index contributed by atoms with van der Waals surface area (Å²) in [5.74, 6) is -4.12. The van der Waals surface area contributed by atoms with Gasteiger partial charge in [0.15, 0.2) is 28.4 Å². The molecule has 8 heteroatoms. The molecule has 0 fully saturated rings. The van der Waals surface area contributed by atoms with Gasteiger partial charge in [0.1, 0.15) is 12.0 Å². The summed E-state index contributed by atoms with van der Waals surface area (Å²) in [7, 11) is 0. The van der Waals surface area contributed by atoms with Gasteiger partial charge >= 0.3 is 0 Å². The molecule has 0 saturated carbocycles. The van der Waals surface area contributed by atoms with Gasteiger partial charge in [0.2, 0.25) is 0 Å². The first-order valence-electron chi connectivity index (χ1n) is 4.66. The van der Waals surface area contributed by atoms with Crippen LogP contribution < -0.4 is 11.1 Å². The lowest BCUT2D eigenvalue weighted by atomic mass is 10.3. The van der Waals surface area contributed by atoms with Crippen LogP contribution in [0.5, 0.6) is 0 Å². The van der Waals surface area contributed by atoms with Crippen LogP contribution in [0.15, 0.2) is 18.5 Å². The molecule has 4 nitrogen and oxygen atoms in total. The second-order valence-corrected chi connectivity index (χ2v) is 3.66.